The zero-order valence-corrected chi connectivity index (χ0v) is 12.2. The zero-order valence-electron chi connectivity index (χ0n) is 12.2. The van der Waals surface area contributed by atoms with Gasteiger partial charge in [0.2, 0.25) is 0 Å². The first kappa shape index (κ1) is 20.3. The summed E-state index contributed by atoms with van der Waals surface area (Å²) < 4.78 is 17.1. The predicted octanol–water partition coefficient (Wildman–Crippen LogP) is -0.446. The molecule has 0 aliphatic rings. The number of rotatable bonds is 9. The lowest BCUT2D eigenvalue weighted by molar-refractivity contribution is -0.139. The first-order valence-electron chi connectivity index (χ1n) is 6.68. The molecule has 0 heterocycles. The number of carboxylic acid groups (broad SMARTS) is 1. The second-order valence-corrected chi connectivity index (χ2v) is 4.15. The van der Waals surface area contributed by atoms with Crippen LogP contribution in [0.15, 0.2) is 24.3 Å². The van der Waals surface area contributed by atoms with Gasteiger partial charge in [-0.1, -0.05) is 0 Å². The van der Waals surface area contributed by atoms with E-state index in [1.54, 1.807) is 4.90 Å². The molecular weight excluding hydrogens is 297 g/mol. The van der Waals surface area contributed by atoms with E-state index in [0.29, 0.717) is 25.4 Å². The van der Waals surface area contributed by atoms with Gasteiger partial charge in [-0.3, -0.25) is 4.90 Å². The molecule has 0 unspecified atom stereocenters. The second-order valence-electron chi connectivity index (χ2n) is 4.15. The lowest BCUT2D eigenvalue weighted by Gasteiger charge is -2.17. The van der Waals surface area contributed by atoms with Crippen LogP contribution in [0.4, 0.5) is 4.39 Å². The van der Waals surface area contributed by atoms with Crippen molar-refractivity contribution in [3.63, 3.8) is 0 Å². The van der Waals surface area contributed by atoms with E-state index in [0.717, 1.165) is 0 Å². The fourth-order valence-corrected chi connectivity index (χ4v) is 1.44. The van der Waals surface area contributed by atoms with Crippen LogP contribution in [-0.2, 0) is 4.79 Å². The molecular formula is C14H22FNO6. The van der Waals surface area contributed by atoms with Gasteiger partial charge >= 0.3 is 5.97 Å². The van der Waals surface area contributed by atoms with Gasteiger partial charge in [-0.15, -0.1) is 0 Å². The third kappa shape index (κ3) is 11.0. The van der Waals surface area contributed by atoms with Crippen LogP contribution in [0.5, 0.6) is 5.75 Å². The number of aliphatic carboxylic acids is 1. The summed E-state index contributed by atoms with van der Waals surface area (Å²) in [5.41, 5.74) is 0. The van der Waals surface area contributed by atoms with Crippen molar-refractivity contribution in [2.24, 2.45) is 0 Å². The molecule has 0 saturated carbocycles. The average Bonchev–Trinajstić information content (AvgIpc) is 2.48. The molecule has 126 valence electrons. The summed E-state index contributed by atoms with van der Waals surface area (Å²) in [6.07, 6.45) is 0. The van der Waals surface area contributed by atoms with Crippen LogP contribution < -0.4 is 4.74 Å². The topological polar surface area (TPSA) is 110 Å². The number of halogens is 1. The molecule has 0 bridgehead atoms. The van der Waals surface area contributed by atoms with E-state index < -0.39 is 12.6 Å². The number of benzene rings is 1. The number of aliphatic hydroxyl groups is 3. The maximum absolute atomic E-state index is 12.3. The normalized spacial score (nSPS) is 10.0. The molecule has 4 N–H and O–H groups in total. The van der Waals surface area contributed by atoms with E-state index in [2.05, 4.69) is 0 Å². The Balaban J connectivity index is 0.000000409. The molecule has 7 nitrogen and oxygen atoms in total. The summed E-state index contributed by atoms with van der Waals surface area (Å²) in [6, 6.07) is 5.16. The van der Waals surface area contributed by atoms with Crippen LogP contribution in [0.25, 0.3) is 0 Å². The highest BCUT2D eigenvalue weighted by molar-refractivity contribution is 5.68. The SMILES string of the molecule is O=C(O)COc1ccc(F)cc1.OCCN(CCO)CCO. The maximum atomic E-state index is 12.3. The first-order chi connectivity index (χ1) is 10.5. The van der Waals surface area contributed by atoms with Gasteiger partial charge in [-0.2, -0.15) is 0 Å². The lowest BCUT2D eigenvalue weighted by Crippen LogP contribution is -2.32. The van der Waals surface area contributed by atoms with Crippen molar-refractivity contribution in [2.45, 2.75) is 0 Å². The molecule has 1 aromatic carbocycles. The van der Waals surface area contributed by atoms with Gasteiger partial charge in [-0.05, 0) is 24.3 Å². The Hall–Kier alpha value is -1.74. The van der Waals surface area contributed by atoms with Crippen molar-refractivity contribution in [3.8, 4) is 5.75 Å². The van der Waals surface area contributed by atoms with Crippen LogP contribution in [0.2, 0.25) is 0 Å². The molecule has 0 radical (unpaired) electrons. The van der Waals surface area contributed by atoms with Gasteiger partial charge in [0.25, 0.3) is 0 Å². The number of carbonyl (C=O) groups is 1. The third-order valence-electron chi connectivity index (χ3n) is 2.42. The highest BCUT2D eigenvalue weighted by atomic mass is 19.1. The minimum Gasteiger partial charge on any atom is -0.482 e. The second kappa shape index (κ2) is 13.0. The molecule has 1 aromatic rings. The van der Waals surface area contributed by atoms with E-state index in [4.69, 9.17) is 25.2 Å². The standard InChI is InChI=1S/C8H7FO3.C6H15NO3/c9-6-1-3-7(4-2-6)12-5-8(10)11;8-4-1-7(2-5-9)3-6-10/h1-4H,5H2,(H,10,11);8-10H,1-6H2. The molecule has 0 atom stereocenters. The Morgan fingerprint density at radius 2 is 1.45 bits per heavy atom. The minimum absolute atomic E-state index is 0.0694. The molecule has 22 heavy (non-hydrogen) atoms. The monoisotopic (exact) mass is 319 g/mol. The number of ether oxygens (including phenoxy) is 1. The quantitative estimate of drug-likeness (QED) is 0.488. The summed E-state index contributed by atoms with van der Waals surface area (Å²) in [4.78, 5) is 11.8. The van der Waals surface area contributed by atoms with Crippen molar-refractivity contribution < 1.29 is 34.3 Å². The van der Waals surface area contributed by atoms with Crippen molar-refractivity contribution in [1.29, 1.82) is 0 Å². The largest absolute Gasteiger partial charge is 0.482 e. The Morgan fingerprint density at radius 1 is 1.00 bits per heavy atom. The van der Waals surface area contributed by atoms with Gasteiger partial charge in [-0.25, -0.2) is 9.18 Å². The van der Waals surface area contributed by atoms with Gasteiger partial charge in [0.1, 0.15) is 11.6 Å². The smallest absolute Gasteiger partial charge is 0.341 e. The molecule has 0 aliphatic heterocycles. The third-order valence-corrected chi connectivity index (χ3v) is 2.42. The zero-order chi connectivity index (χ0) is 16.8. The van der Waals surface area contributed by atoms with E-state index in [-0.39, 0.29) is 25.6 Å². The summed E-state index contributed by atoms with van der Waals surface area (Å²) >= 11 is 0. The van der Waals surface area contributed by atoms with Gasteiger partial charge in [0.15, 0.2) is 6.61 Å². The predicted molar refractivity (Wildman–Crippen MR) is 77.2 cm³/mol. The molecule has 0 aliphatic carbocycles. The maximum Gasteiger partial charge on any atom is 0.341 e. The summed E-state index contributed by atoms with van der Waals surface area (Å²) in [6.45, 7) is 1.34. The summed E-state index contributed by atoms with van der Waals surface area (Å²) in [5.74, 6) is -1.09. The van der Waals surface area contributed by atoms with Crippen LogP contribution >= 0.6 is 0 Å². The van der Waals surface area contributed by atoms with E-state index in [1.165, 1.54) is 24.3 Å². The number of hydrogen-bond acceptors (Lipinski definition) is 6. The lowest BCUT2D eigenvalue weighted by atomic mass is 10.3. The summed E-state index contributed by atoms with van der Waals surface area (Å²) in [5, 5.41) is 33.7. The minimum atomic E-state index is -1.06. The molecule has 8 heteroatoms. The fourth-order valence-electron chi connectivity index (χ4n) is 1.44. The summed E-state index contributed by atoms with van der Waals surface area (Å²) in [7, 11) is 0. The number of hydrogen-bond donors (Lipinski definition) is 4. The van der Waals surface area contributed by atoms with Crippen molar-refractivity contribution in [2.75, 3.05) is 46.1 Å². The Morgan fingerprint density at radius 3 is 1.82 bits per heavy atom. The number of nitrogens with zero attached hydrogens (tertiary/aromatic N) is 1. The fraction of sp³-hybridized carbons (Fsp3) is 0.500. The van der Waals surface area contributed by atoms with Crippen LogP contribution in [0.1, 0.15) is 0 Å². The Labute approximate surface area is 128 Å². The molecule has 0 fully saturated rings. The Kier molecular flexibility index (Phi) is 11.9. The molecule has 1 rings (SSSR count). The van der Waals surface area contributed by atoms with Gasteiger partial charge in [0, 0.05) is 19.6 Å². The van der Waals surface area contributed by atoms with Crippen molar-refractivity contribution in [1.82, 2.24) is 4.90 Å². The Bertz CT molecular complexity index is 387. The van der Waals surface area contributed by atoms with Crippen molar-refractivity contribution in [3.05, 3.63) is 30.1 Å². The molecule has 0 aromatic heterocycles. The van der Waals surface area contributed by atoms with Crippen LogP contribution in [-0.4, -0.2) is 77.4 Å². The average molecular weight is 319 g/mol. The molecule has 0 spiro atoms. The van der Waals surface area contributed by atoms with Crippen LogP contribution in [0, 0.1) is 5.82 Å². The first-order valence-corrected chi connectivity index (χ1v) is 6.68. The van der Waals surface area contributed by atoms with Crippen LogP contribution in [0.3, 0.4) is 0 Å². The highest BCUT2D eigenvalue weighted by Gasteiger charge is 2.00. The van der Waals surface area contributed by atoms with E-state index in [1.807, 2.05) is 0 Å². The van der Waals surface area contributed by atoms with Gasteiger partial charge in [0.05, 0.1) is 19.8 Å². The highest BCUT2D eigenvalue weighted by Crippen LogP contribution is 2.10. The van der Waals surface area contributed by atoms with Gasteiger partial charge < -0.3 is 25.2 Å². The molecule has 0 saturated heterocycles. The number of carboxylic acids is 1. The van der Waals surface area contributed by atoms with E-state index >= 15 is 0 Å². The number of aliphatic hydroxyl groups excluding tert-OH is 3. The van der Waals surface area contributed by atoms with Crippen molar-refractivity contribution >= 4 is 5.97 Å². The van der Waals surface area contributed by atoms with E-state index in [9.17, 15) is 9.18 Å². The molecule has 0 amide bonds.